The largest absolute Gasteiger partial charge is 0.378 e. The molecule has 2 aliphatic heterocycles. The standard InChI is InChI=1S/C34H33F2N9O2/c1-6-28(46)42-15-20(5)43(16-19(42)4)32-23-13-25(36)30-29-24(35)10-8-12-27(29)44-17-21(40-41-44)14-37-26-11-7-9-22(18(2)3)31(26)45(33(23)38-30)34(47)39-32/h6-13,17-20,37H,1,14-16H2,2-5H3/t19-,20+/m1/s1. The van der Waals surface area contributed by atoms with Crippen LogP contribution in [0.3, 0.4) is 0 Å². The summed E-state index contributed by atoms with van der Waals surface area (Å²) in [5.41, 5.74) is 1.79. The summed E-state index contributed by atoms with van der Waals surface area (Å²) in [5, 5.41) is 12.1. The van der Waals surface area contributed by atoms with E-state index in [0.29, 0.717) is 30.2 Å². The molecule has 240 valence electrons. The molecule has 2 atom stereocenters. The minimum Gasteiger partial charge on any atom is -0.378 e. The summed E-state index contributed by atoms with van der Waals surface area (Å²) in [7, 11) is 0. The number of aromatic nitrogens is 6. The molecule has 5 aromatic rings. The number of para-hydroxylation sites is 1. The van der Waals surface area contributed by atoms with Gasteiger partial charge >= 0.3 is 5.69 Å². The van der Waals surface area contributed by atoms with Crippen molar-refractivity contribution in [2.24, 2.45) is 0 Å². The van der Waals surface area contributed by atoms with E-state index in [4.69, 9.17) is 4.98 Å². The van der Waals surface area contributed by atoms with E-state index >= 15 is 8.78 Å². The summed E-state index contributed by atoms with van der Waals surface area (Å²) in [6.07, 6.45) is 2.92. The van der Waals surface area contributed by atoms with Crippen LogP contribution in [0.25, 0.3) is 33.7 Å². The second-order valence-corrected chi connectivity index (χ2v) is 12.3. The molecule has 3 aromatic heterocycles. The zero-order valence-corrected chi connectivity index (χ0v) is 26.4. The van der Waals surface area contributed by atoms with Crippen LogP contribution in [0.1, 0.15) is 44.9 Å². The summed E-state index contributed by atoms with van der Waals surface area (Å²) in [5.74, 6) is -1.50. The van der Waals surface area contributed by atoms with Gasteiger partial charge in [-0.3, -0.25) is 4.79 Å². The minimum atomic E-state index is -0.802. The Morgan fingerprint density at radius 2 is 1.85 bits per heavy atom. The van der Waals surface area contributed by atoms with Crippen molar-refractivity contribution in [3.05, 3.63) is 94.7 Å². The SMILES string of the molecule is C=CC(=O)N1C[C@H](C)N(c2nc(=O)n3c4nc(c(F)cc24)-c2c(F)cccc2-n2cc(nn2)CNc2cccc(C(C)C)c2-3)C[C@H]1C. The Labute approximate surface area is 269 Å². The number of hydrogen-bond acceptors (Lipinski definition) is 8. The molecule has 13 heteroatoms. The highest BCUT2D eigenvalue weighted by atomic mass is 19.1. The third-order valence-electron chi connectivity index (χ3n) is 8.91. The number of carbonyl (C=O) groups excluding carboxylic acids is 1. The highest BCUT2D eigenvalue weighted by molar-refractivity contribution is 5.92. The van der Waals surface area contributed by atoms with E-state index in [0.717, 1.165) is 5.56 Å². The summed E-state index contributed by atoms with van der Waals surface area (Å²) in [6.45, 7) is 12.4. The van der Waals surface area contributed by atoms with Gasteiger partial charge in [-0.1, -0.05) is 43.8 Å². The number of hydrogen-bond donors (Lipinski definition) is 1. The number of rotatable bonds is 3. The molecule has 1 fully saturated rings. The van der Waals surface area contributed by atoms with Crippen LogP contribution in [-0.4, -0.2) is 65.5 Å². The normalized spacial score (nSPS) is 17.4. The molecule has 11 nitrogen and oxygen atoms in total. The van der Waals surface area contributed by atoms with Crippen LogP contribution in [0.4, 0.5) is 20.3 Å². The molecule has 1 amide bonds. The monoisotopic (exact) mass is 637 g/mol. The lowest BCUT2D eigenvalue weighted by atomic mass is 9.99. The quantitative estimate of drug-likeness (QED) is 0.276. The Bertz CT molecular complexity index is 2140. The third kappa shape index (κ3) is 4.93. The number of nitrogens with one attached hydrogen (secondary N) is 1. The van der Waals surface area contributed by atoms with Crippen LogP contribution < -0.4 is 15.9 Å². The van der Waals surface area contributed by atoms with Gasteiger partial charge in [0, 0.05) is 25.2 Å². The van der Waals surface area contributed by atoms with E-state index in [9.17, 15) is 9.59 Å². The second-order valence-electron chi connectivity index (χ2n) is 12.3. The average Bonchev–Trinajstić information content (AvgIpc) is 3.53. The second kappa shape index (κ2) is 11.4. The van der Waals surface area contributed by atoms with Crippen LogP contribution in [0.2, 0.25) is 0 Å². The first kappa shape index (κ1) is 30.2. The molecular formula is C34H33F2N9O2. The number of carbonyl (C=O) groups is 1. The zero-order valence-electron chi connectivity index (χ0n) is 26.4. The third-order valence-corrected chi connectivity index (χ3v) is 8.91. The number of halogens is 2. The lowest BCUT2D eigenvalue weighted by Crippen LogP contribution is -2.58. The first-order valence-corrected chi connectivity index (χ1v) is 15.5. The van der Waals surface area contributed by atoms with Gasteiger partial charge in [-0.15, -0.1) is 5.10 Å². The molecule has 7 rings (SSSR count). The molecule has 4 bridgehead atoms. The molecule has 5 heterocycles. The van der Waals surface area contributed by atoms with Gasteiger partial charge in [-0.05, 0) is 55.7 Å². The first-order valence-electron chi connectivity index (χ1n) is 15.5. The predicted molar refractivity (Wildman–Crippen MR) is 175 cm³/mol. The van der Waals surface area contributed by atoms with E-state index in [1.54, 1.807) is 17.2 Å². The predicted octanol–water partition coefficient (Wildman–Crippen LogP) is 4.97. The number of pyridine rings is 1. The fourth-order valence-corrected chi connectivity index (χ4v) is 6.59. The molecule has 1 N–H and O–H groups in total. The van der Waals surface area contributed by atoms with Gasteiger partial charge in [0.1, 0.15) is 23.0 Å². The van der Waals surface area contributed by atoms with Gasteiger partial charge < -0.3 is 15.1 Å². The van der Waals surface area contributed by atoms with Gasteiger partial charge in [0.15, 0.2) is 11.5 Å². The molecule has 0 unspecified atom stereocenters. The smallest absolute Gasteiger partial charge is 0.355 e. The van der Waals surface area contributed by atoms with E-state index in [2.05, 4.69) is 27.2 Å². The Morgan fingerprint density at radius 1 is 1.06 bits per heavy atom. The van der Waals surface area contributed by atoms with Crippen molar-refractivity contribution in [1.82, 2.24) is 34.4 Å². The van der Waals surface area contributed by atoms with Gasteiger partial charge in [0.2, 0.25) is 5.91 Å². The van der Waals surface area contributed by atoms with Crippen molar-refractivity contribution in [3.63, 3.8) is 0 Å². The van der Waals surface area contributed by atoms with E-state index in [-0.39, 0.29) is 64.2 Å². The Hall–Kier alpha value is -5.46. The highest BCUT2D eigenvalue weighted by Crippen LogP contribution is 2.38. The zero-order chi connectivity index (χ0) is 33.1. The number of fused-ring (bicyclic) bond motifs is 8. The van der Waals surface area contributed by atoms with E-state index < -0.39 is 17.3 Å². The van der Waals surface area contributed by atoms with Gasteiger partial charge in [0.05, 0.1) is 40.8 Å². The van der Waals surface area contributed by atoms with Crippen LogP contribution in [-0.2, 0) is 11.3 Å². The fourth-order valence-electron chi connectivity index (χ4n) is 6.59. The number of anilines is 2. The summed E-state index contributed by atoms with van der Waals surface area (Å²) in [6, 6.07) is 10.7. The van der Waals surface area contributed by atoms with Crippen molar-refractivity contribution < 1.29 is 13.6 Å². The maximum atomic E-state index is 16.5. The van der Waals surface area contributed by atoms with Crippen molar-refractivity contribution in [2.45, 2.75) is 52.2 Å². The average molecular weight is 638 g/mol. The van der Waals surface area contributed by atoms with Crippen molar-refractivity contribution in [2.75, 3.05) is 23.3 Å². The Morgan fingerprint density at radius 3 is 2.62 bits per heavy atom. The number of piperazine rings is 1. The summed E-state index contributed by atoms with van der Waals surface area (Å²) < 4.78 is 35.0. The lowest BCUT2D eigenvalue weighted by Gasteiger charge is -2.44. The van der Waals surface area contributed by atoms with Crippen molar-refractivity contribution >= 4 is 28.4 Å². The number of nitrogens with zero attached hydrogens (tertiary/aromatic N) is 8. The number of benzene rings is 2. The molecule has 0 radical (unpaired) electrons. The summed E-state index contributed by atoms with van der Waals surface area (Å²) >= 11 is 0. The molecular weight excluding hydrogens is 604 g/mol. The topological polar surface area (TPSA) is 114 Å². The van der Waals surface area contributed by atoms with Crippen LogP contribution in [0.5, 0.6) is 0 Å². The fraction of sp³-hybridized carbons (Fsp3) is 0.294. The molecule has 1 saturated heterocycles. The van der Waals surface area contributed by atoms with Crippen LogP contribution in [0, 0.1) is 11.6 Å². The molecule has 0 aliphatic carbocycles. The Kier molecular flexibility index (Phi) is 7.33. The van der Waals surface area contributed by atoms with Crippen LogP contribution in [0.15, 0.2) is 66.1 Å². The van der Waals surface area contributed by atoms with Crippen molar-refractivity contribution in [3.8, 4) is 22.6 Å². The maximum absolute atomic E-state index is 16.5. The van der Waals surface area contributed by atoms with E-state index in [1.807, 2.05) is 50.8 Å². The van der Waals surface area contributed by atoms with Gasteiger partial charge in [0.25, 0.3) is 0 Å². The van der Waals surface area contributed by atoms with Gasteiger partial charge in [-0.25, -0.2) is 27.8 Å². The molecule has 0 saturated carbocycles. The molecule has 47 heavy (non-hydrogen) atoms. The lowest BCUT2D eigenvalue weighted by molar-refractivity contribution is -0.128. The molecule has 2 aromatic carbocycles. The maximum Gasteiger partial charge on any atom is 0.355 e. The van der Waals surface area contributed by atoms with Crippen molar-refractivity contribution in [1.29, 1.82) is 0 Å². The van der Waals surface area contributed by atoms with Crippen LogP contribution >= 0.6 is 0 Å². The highest BCUT2D eigenvalue weighted by Gasteiger charge is 2.34. The minimum absolute atomic E-state index is 0.0284. The van der Waals surface area contributed by atoms with E-state index in [1.165, 1.54) is 33.5 Å². The molecule has 2 aliphatic rings. The number of amides is 1. The first-order chi connectivity index (χ1) is 22.6. The Balaban J connectivity index is 1.57. The molecule has 0 spiro atoms. The summed E-state index contributed by atoms with van der Waals surface area (Å²) in [4.78, 5) is 39.9. The van der Waals surface area contributed by atoms with Gasteiger partial charge in [-0.2, -0.15) is 4.98 Å².